The fourth-order valence-electron chi connectivity index (χ4n) is 4.52. The van der Waals surface area contributed by atoms with Crippen molar-refractivity contribution >= 4 is 28.7 Å². The van der Waals surface area contributed by atoms with Crippen LogP contribution in [-0.2, 0) is 15.8 Å². The number of nitrogens with one attached hydrogen (secondary N) is 1. The summed E-state index contributed by atoms with van der Waals surface area (Å²) in [6.07, 6.45) is -1.51. The van der Waals surface area contributed by atoms with Gasteiger partial charge in [-0.1, -0.05) is 19.1 Å². The molecule has 2 heterocycles. The molecule has 0 radical (unpaired) electrons. The molecule has 1 saturated carbocycles. The third-order valence-corrected chi connectivity index (χ3v) is 6.21. The monoisotopic (exact) mass is 392 g/mol. The molecule has 0 bridgehead atoms. The second-order valence-electron chi connectivity index (χ2n) is 7.67. The van der Waals surface area contributed by atoms with Crippen molar-refractivity contribution in [3.8, 4) is 5.88 Å². The lowest BCUT2D eigenvalue weighted by Crippen LogP contribution is -2.37. The first-order chi connectivity index (χ1) is 13.2. The zero-order valence-corrected chi connectivity index (χ0v) is 15.1. The third kappa shape index (κ3) is 2.65. The van der Waals surface area contributed by atoms with Crippen molar-refractivity contribution in [2.45, 2.75) is 44.8 Å². The number of rotatable bonds is 3. The Morgan fingerprint density at radius 1 is 1.39 bits per heavy atom. The van der Waals surface area contributed by atoms with Crippen LogP contribution in [0.5, 0.6) is 5.88 Å². The molecule has 0 spiro atoms. The molecule has 3 unspecified atom stereocenters. The average Bonchev–Trinajstić information content (AvgIpc) is 3.15. The van der Waals surface area contributed by atoms with Gasteiger partial charge in [0.1, 0.15) is 12.0 Å². The first-order valence-electron chi connectivity index (χ1n) is 9.20. The molecule has 0 amide bonds. The van der Waals surface area contributed by atoms with E-state index in [0.717, 1.165) is 12.4 Å². The molecule has 1 aromatic heterocycles. The Morgan fingerprint density at radius 3 is 2.79 bits per heavy atom. The highest BCUT2D eigenvalue weighted by Gasteiger charge is 2.48. The van der Waals surface area contributed by atoms with E-state index in [0.29, 0.717) is 25.7 Å². The van der Waals surface area contributed by atoms with Crippen molar-refractivity contribution in [2.75, 3.05) is 0 Å². The molecule has 5 nitrogen and oxygen atoms in total. The Morgan fingerprint density at radius 2 is 2.14 bits per heavy atom. The Bertz CT molecular complexity index is 1010. The van der Waals surface area contributed by atoms with Gasteiger partial charge in [-0.25, -0.2) is 0 Å². The first-order valence-corrected chi connectivity index (χ1v) is 9.20. The van der Waals surface area contributed by atoms with E-state index in [2.05, 4.69) is 9.98 Å². The van der Waals surface area contributed by atoms with Crippen LogP contribution in [-0.4, -0.2) is 33.9 Å². The molecule has 8 heteroatoms. The molecular formula is C20H19F3N2O3. The van der Waals surface area contributed by atoms with Crippen LogP contribution in [0.25, 0.3) is 10.9 Å². The fourth-order valence-corrected chi connectivity index (χ4v) is 4.52. The SMILES string of the molecule is CCC1(C=O)CCC2C(=O)C(c3c(O)[nH]c4c(C(F)(F)F)cccc34)=NC2C1. The van der Waals surface area contributed by atoms with Gasteiger partial charge in [0, 0.05) is 16.7 Å². The van der Waals surface area contributed by atoms with Gasteiger partial charge in [0.15, 0.2) is 11.7 Å². The standard InChI is InChI=1S/C20H19F3N2O3/c1-2-19(9-26)7-6-10-13(8-19)24-16(17(10)27)14-11-4-3-5-12(20(21,22)23)15(11)25-18(14)28/h3-5,9-10,13,25,28H,2,6-8H2,1H3. The van der Waals surface area contributed by atoms with Gasteiger partial charge in [-0.2, -0.15) is 13.2 Å². The number of fused-ring (bicyclic) bond motifs is 2. The zero-order valence-electron chi connectivity index (χ0n) is 15.1. The number of H-pyrrole nitrogens is 1. The third-order valence-electron chi connectivity index (χ3n) is 6.21. The first kappa shape index (κ1) is 18.7. The van der Waals surface area contributed by atoms with E-state index in [4.69, 9.17) is 0 Å². The predicted molar refractivity (Wildman–Crippen MR) is 96.4 cm³/mol. The molecule has 1 fully saturated rings. The Balaban J connectivity index is 1.82. The number of para-hydroxylation sites is 1. The number of aliphatic imine (C=N–C) groups is 1. The van der Waals surface area contributed by atoms with Gasteiger partial charge in [0.2, 0.25) is 0 Å². The van der Waals surface area contributed by atoms with E-state index in [1.165, 1.54) is 12.1 Å². The molecule has 3 atom stereocenters. The second-order valence-corrected chi connectivity index (χ2v) is 7.67. The number of Topliss-reactive ketones (excluding diaryl/α,β-unsaturated/α-hetero) is 1. The minimum absolute atomic E-state index is 0.00382. The van der Waals surface area contributed by atoms with Gasteiger partial charge in [-0.05, 0) is 31.7 Å². The van der Waals surface area contributed by atoms with E-state index in [9.17, 15) is 27.9 Å². The largest absolute Gasteiger partial charge is 0.494 e. The maximum Gasteiger partial charge on any atom is 0.418 e. The van der Waals surface area contributed by atoms with Crippen LogP contribution < -0.4 is 0 Å². The molecule has 28 heavy (non-hydrogen) atoms. The molecule has 1 aliphatic heterocycles. The van der Waals surface area contributed by atoms with Gasteiger partial charge in [0.05, 0.1) is 22.7 Å². The predicted octanol–water partition coefficient (Wildman–Crippen LogP) is 4.03. The summed E-state index contributed by atoms with van der Waals surface area (Å²) in [5.41, 5.74) is -1.71. The summed E-state index contributed by atoms with van der Waals surface area (Å²) >= 11 is 0. The Labute approximate surface area is 158 Å². The average molecular weight is 392 g/mol. The number of aldehydes is 1. The summed E-state index contributed by atoms with van der Waals surface area (Å²) in [5.74, 6) is -1.19. The van der Waals surface area contributed by atoms with E-state index in [1.807, 2.05) is 6.92 Å². The van der Waals surface area contributed by atoms with E-state index in [-0.39, 0.29) is 28.0 Å². The lowest BCUT2D eigenvalue weighted by molar-refractivity contribution is -0.136. The minimum Gasteiger partial charge on any atom is -0.494 e. The van der Waals surface area contributed by atoms with Crippen molar-refractivity contribution in [3.05, 3.63) is 29.3 Å². The number of nitrogens with zero attached hydrogens (tertiary/aromatic N) is 1. The number of aromatic hydroxyl groups is 1. The van der Waals surface area contributed by atoms with Crippen LogP contribution in [0.15, 0.2) is 23.2 Å². The number of aromatic amines is 1. The highest BCUT2D eigenvalue weighted by atomic mass is 19.4. The highest BCUT2D eigenvalue weighted by molar-refractivity contribution is 6.50. The summed E-state index contributed by atoms with van der Waals surface area (Å²) in [4.78, 5) is 31.3. The van der Waals surface area contributed by atoms with Gasteiger partial charge in [-0.3, -0.25) is 9.79 Å². The van der Waals surface area contributed by atoms with Crippen LogP contribution in [0, 0.1) is 11.3 Å². The number of halogens is 3. The molecule has 2 aliphatic rings. The van der Waals surface area contributed by atoms with Crippen LogP contribution in [0.4, 0.5) is 13.2 Å². The molecule has 4 rings (SSSR count). The summed E-state index contributed by atoms with van der Waals surface area (Å²) in [6, 6.07) is 3.19. The molecule has 0 saturated heterocycles. The van der Waals surface area contributed by atoms with Crippen molar-refractivity contribution in [2.24, 2.45) is 16.3 Å². The minimum atomic E-state index is -4.60. The van der Waals surface area contributed by atoms with Crippen molar-refractivity contribution < 1.29 is 27.9 Å². The molecular weight excluding hydrogens is 373 g/mol. The van der Waals surface area contributed by atoms with E-state index in [1.54, 1.807) is 0 Å². The molecule has 1 aliphatic carbocycles. The number of aromatic nitrogens is 1. The van der Waals surface area contributed by atoms with Gasteiger partial charge >= 0.3 is 6.18 Å². The second kappa shape index (κ2) is 6.18. The lowest BCUT2D eigenvalue weighted by Gasteiger charge is -2.36. The molecule has 148 valence electrons. The summed E-state index contributed by atoms with van der Waals surface area (Å²) < 4.78 is 39.9. The fraction of sp³-hybridized carbons (Fsp3) is 0.450. The number of carbonyl (C=O) groups excluding carboxylic acids is 2. The number of benzene rings is 1. The topological polar surface area (TPSA) is 82.5 Å². The summed E-state index contributed by atoms with van der Waals surface area (Å²) in [6.45, 7) is 1.92. The molecule has 1 aromatic carbocycles. The van der Waals surface area contributed by atoms with Crippen molar-refractivity contribution in [1.82, 2.24) is 4.98 Å². The molecule has 2 aromatic rings. The van der Waals surface area contributed by atoms with Crippen molar-refractivity contribution in [1.29, 1.82) is 0 Å². The van der Waals surface area contributed by atoms with Gasteiger partial charge in [-0.15, -0.1) is 0 Å². The summed E-state index contributed by atoms with van der Waals surface area (Å²) in [7, 11) is 0. The maximum atomic E-state index is 13.3. The van der Waals surface area contributed by atoms with Crippen LogP contribution in [0.2, 0.25) is 0 Å². The zero-order chi connectivity index (χ0) is 20.3. The smallest absolute Gasteiger partial charge is 0.418 e. The number of ketones is 1. The highest BCUT2D eigenvalue weighted by Crippen LogP contribution is 2.46. The quantitative estimate of drug-likeness (QED) is 0.774. The molecule has 2 N–H and O–H groups in total. The number of alkyl halides is 3. The van der Waals surface area contributed by atoms with Gasteiger partial charge in [0.25, 0.3) is 0 Å². The van der Waals surface area contributed by atoms with Crippen LogP contribution >= 0.6 is 0 Å². The lowest BCUT2D eigenvalue weighted by atomic mass is 9.67. The number of carbonyl (C=O) groups is 2. The normalized spacial score (nSPS) is 27.7. The van der Waals surface area contributed by atoms with Gasteiger partial charge < -0.3 is 14.9 Å². The Kier molecular flexibility index (Phi) is 4.13. The maximum absolute atomic E-state index is 13.3. The van der Waals surface area contributed by atoms with Crippen LogP contribution in [0.1, 0.15) is 43.7 Å². The summed E-state index contributed by atoms with van der Waals surface area (Å²) in [5, 5.41) is 10.4. The number of hydrogen-bond donors (Lipinski definition) is 2. The van der Waals surface area contributed by atoms with E-state index < -0.39 is 35.0 Å². The Hall–Kier alpha value is -2.64. The van der Waals surface area contributed by atoms with Crippen LogP contribution in [0.3, 0.4) is 0 Å². The van der Waals surface area contributed by atoms with Crippen molar-refractivity contribution in [3.63, 3.8) is 0 Å². The number of hydrogen-bond acceptors (Lipinski definition) is 4. The van der Waals surface area contributed by atoms with E-state index >= 15 is 0 Å².